The molecule has 0 fully saturated rings. The molecule has 0 aliphatic heterocycles. The van der Waals surface area contributed by atoms with E-state index in [0.29, 0.717) is 39.6 Å². The Balaban J connectivity index is 1.44. The standard InChI is InChI=1S/C23H20F2N4O2S/c1-12-21(32(31)14-3-7-18-13(9-14)11-26-28-18)10-20(29(12)2)23(30)27-19-8-4-15-16(24)5-6-17(25)22(15)19/h3,5-7,9-11,19H,4,8H2,1-2H3,(H,26,28)(H,27,30). The van der Waals surface area contributed by atoms with E-state index in [4.69, 9.17) is 0 Å². The molecule has 164 valence electrons. The van der Waals surface area contributed by atoms with Crippen molar-refractivity contribution in [2.75, 3.05) is 0 Å². The second-order valence-electron chi connectivity index (χ2n) is 7.91. The first-order valence-electron chi connectivity index (χ1n) is 10.1. The Bertz CT molecular complexity index is 1410. The van der Waals surface area contributed by atoms with Gasteiger partial charge in [0.05, 0.1) is 33.5 Å². The molecule has 0 radical (unpaired) electrons. The van der Waals surface area contributed by atoms with E-state index in [1.54, 1.807) is 42.9 Å². The molecule has 2 aromatic carbocycles. The van der Waals surface area contributed by atoms with Crippen molar-refractivity contribution in [3.05, 3.63) is 76.7 Å². The van der Waals surface area contributed by atoms with Crippen LogP contribution in [0, 0.1) is 18.6 Å². The van der Waals surface area contributed by atoms with Crippen LogP contribution in [-0.2, 0) is 24.3 Å². The van der Waals surface area contributed by atoms with Gasteiger partial charge < -0.3 is 9.88 Å². The zero-order valence-corrected chi connectivity index (χ0v) is 18.2. The Morgan fingerprint density at radius 1 is 1.22 bits per heavy atom. The second kappa shape index (κ2) is 7.67. The number of halogens is 2. The maximum Gasteiger partial charge on any atom is 0.268 e. The number of hydrogen-bond donors (Lipinski definition) is 2. The van der Waals surface area contributed by atoms with E-state index >= 15 is 0 Å². The van der Waals surface area contributed by atoms with E-state index in [1.807, 2.05) is 6.07 Å². The van der Waals surface area contributed by atoms with E-state index in [2.05, 4.69) is 15.5 Å². The average Bonchev–Trinajstić information content (AvgIpc) is 3.49. The fourth-order valence-electron chi connectivity index (χ4n) is 4.29. The van der Waals surface area contributed by atoms with Crippen LogP contribution in [0.4, 0.5) is 8.78 Å². The average molecular weight is 455 g/mol. The van der Waals surface area contributed by atoms with Crippen molar-refractivity contribution in [1.29, 1.82) is 0 Å². The number of H-pyrrole nitrogens is 1. The van der Waals surface area contributed by atoms with Crippen molar-refractivity contribution in [3.8, 4) is 0 Å². The van der Waals surface area contributed by atoms with E-state index in [0.717, 1.165) is 23.0 Å². The summed E-state index contributed by atoms with van der Waals surface area (Å²) in [4.78, 5) is 14.1. The lowest BCUT2D eigenvalue weighted by Crippen LogP contribution is -2.29. The highest BCUT2D eigenvalue weighted by atomic mass is 32.2. The van der Waals surface area contributed by atoms with Crippen molar-refractivity contribution in [1.82, 2.24) is 20.1 Å². The summed E-state index contributed by atoms with van der Waals surface area (Å²) in [5, 5.41) is 10.5. The van der Waals surface area contributed by atoms with Crippen LogP contribution in [-0.4, -0.2) is 24.9 Å². The first-order chi connectivity index (χ1) is 15.3. The summed E-state index contributed by atoms with van der Waals surface area (Å²) in [5.74, 6) is -1.41. The number of rotatable bonds is 4. The Kier molecular flexibility index (Phi) is 4.93. The molecule has 0 bridgehead atoms. The molecule has 1 amide bonds. The van der Waals surface area contributed by atoms with E-state index < -0.39 is 34.4 Å². The molecule has 5 rings (SSSR count). The maximum absolute atomic E-state index is 14.3. The van der Waals surface area contributed by atoms with E-state index in [1.165, 1.54) is 0 Å². The number of hydrogen-bond acceptors (Lipinski definition) is 3. The lowest BCUT2D eigenvalue weighted by molar-refractivity contribution is 0.0927. The lowest BCUT2D eigenvalue weighted by atomic mass is 10.1. The van der Waals surface area contributed by atoms with Crippen LogP contribution >= 0.6 is 0 Å². The monoisotopic (exact) mass is 454 g/mol. The van der Waals surface area contributed by atoms with Gasteiger partial charge in [0.25, 0.3) is 5.91 Å². The zero-order valence-electron chi connectivity index (χ0n) is 17.4. The molecule has 2 unspecified atom stereocenters. The van der Waals surface area contributed by atoms with Gasteiger partial charge in [-0.2, -0.15) is 5.10 Å². The number of carbonyl (C=O) groups excluding carboxylic acids is 1. The Hall–Kier alpha value is -3.33. The van der Waals surface area contributed by atoms with Crippen LogP contribution in [0.5, 0.6) is 0 Å². The highest BCUT2D eigenvalue weighted by Gasteiger charge is 2.31. The fraction of sp³-hybridized carbons (Fsp3) is 0.217. The number of amides is 1. The minimum atomic E-state index is -1.50. The summed E-state index contributed by atoms with van der Waals surface area (Å²) in [6, 6.07) is 8.56. The third-order valence-corrected chi connectivity index (χ3v) is 7.63. The summed E-state index contributed by atoms with van der Waals surface area (Å²) < 4.78 is 43.3. The predicted octanol–water partition coefficient (Wildman–Crippen LogP) is 4.07. The van der Waals surface area contributed by atoms with Crippen molar-refractivity contribution < 1.29 is 17.8 Å². The first kappa shape index (κ1) is 20.6. The number of benzene rings is 2. The van der Waals surface area contributed by atoms with E-state index in [-0.39, 0.29) is 5.56 Å². The largest absolute Gasteiger partial charge is 0.344 e. The molecule has 1 aliphatic carbocycles. The molecule has 0 spiro atoms. The van der Waals surface area contributed by atoms with Gasteiger partial charge in [-0.15, -0.1) is 0 Å². The van der Waals surface area contributed by atoms with Crippen molar-refractivity contribution in [2.45, 2.75) is 35.6 Å². The molecule has 4 aromatic rings. The van der Waals surface area contributed by atoms with Gasteiger partial charge in [0.1, 0.15) is 17.3 Å². The van der Waals surface area contributed by atoms with Crippen LogP contribution in [0.2, 0.25) is 0 Å². The number of carbonyl (C=O) groups is 1. The number of fused-ring (bicyclic) bond motifs is 2. The summed E-state index contributed by atoms with van der Waals surface area (Å²) in [5.41, 5.74) is 2.36. The fourth-order valence-corrected chi connectivity index (χ4v) is 5.59. The third-order valence-electron chi connectivity index (χ3n) is 6.13. The number of nitrogens with one attached hydrogen (secondary N) is 2. The number of aromatic nitrogens is 3. The van der Waals surface area contributed by atoms with Crippen molar-refractivity contribution >= 4 is 27.6 Å². The van der Waals surface area contributed by atoms with Gasteiger partial charge in [0, 0.05) is 28.6 Å². The Morgan fingerprint density at radius 2 is 2.00 bits per heavy atom. The molecule has 0 saturated heterocycles. The molecule has 2 aromatic heterocycles. The molecular formula is C23H20F2N4O2S. The van der Waals surface area contributed by atoms with Gasteiger partial charge in [0.15, 0.2) is 0 Å². The lowest BCUT2D eigenvalue weighted by Gasteiger charge is -2.15. The molecule has 2 atom stereocenters. The molecule has 9 heteroatoms. The minimum absolute atomic E-state index is 0.210. The topological polar surface area (TPSA) is 79.8 Å². The van der Waals surface area contributed by atoms with Gasteiger partial charge in [-0.1, -0.05) is 0 Å². The highest BCUT2D eigenvalue weighted by Crippen LogP contribution is 2.35. The van der Waals surface area contributed by atoms with Crippen LogP contribution in [0.1, 0.15) is 39.8 Å². The van der Waals surface area contributed by atoms with Crippen LogP contribution in [0.3, 0.4) is 0 Å². The first-order valence-corrected chi connectivity index (χ1v) is 11.3. The summed E-state index contributed by atoms with van der Waals surface area (Å²) in [6.07, 6.45) is 2.45. The normalized spacial score (nSPS) is 16.3. The number of nitrogens with zero attached hydrogens (tertiary/aromatic N) is 2. The minimum Gasteiger partial charge on any atom is -0.344 e. The predicted molar refractivity (Wildman–Crippen MR) is 116 cm³/mol. The number of aromatic amines is 1. The molecule has 2 heterocycles. The van der Waals surface area contributed by atoms with Crippen LogP contribution in [0.15, 0.2) is 52.4 Å². The smallest absolute Gasteiger partial charge is 0.268 e. The molecule has 1 aliphatic rings. The van der Waals surface area contributed by atoms with Crippen molar-refractivity contribution in [2.24, 2.45) is 7.05 Å². The molecule has 0 saturated carbocycles. The Morgan fingerprint density at radius 3 is 2.81 bits per heavy atom. The molecule has 6 nitrogen and oxygen atoms in total. The summed E-state index contributed by atoms with van der Waals surface area (Å²) >= 11 is 0. The SMILES string of the molecule is Cc1c(S(=O)c2ccc3[nH]ncc3c2)cc(C(=O)NC2CCc3c(F)ccc(F)c32)n1C. The van der Waals surface area contributed by atoms with Crippen molar-refractivity contribution in [3.63, 3.8) is 0 Å². The van der Waals surface area contributed by atoms with Gasteiger partial charge in [0.2, 0.25) is 0 Å². The molecule has 2 N–H and O–H groups in total. The molecule has 32 heavy (non-hydrogen) atoms. The molecular weight excluding hydrogens is 434 g/mol. The van der Waals surface area contributed by atoms with Gasteiger partial charge in [-0.25, -0.2) is 13.0 Å². The van der Waals surface area contributed by atoms with Gasteiger partial charge in [-0.05, 0) is 61.7 Å². The van der Waals surface area contributed by atoms with Crippen LogP contribution < -0.4 is 5.32 Å². The summed E-state index contributed by atoms with van der Waals surface area (Å²) in [6.45, 7) is 1.79. The third kappa shape index (κ3) is 3.24. The zero-order chi connectivity index (χ0) is 22.6. The second-order valence-corrected chi connectivity index (χ2v) is 9.36. The van der Waals surface area contributed by atoms with Gasteiger partial charge >= 0.3 is 0 Å². The quantitative estimate of drug-likeness (QED) is 0.488. The summed E-state index contributed by atoms with van der Waals surface area (Å²) in [7, 11) is 0.212. The highest BCUT2D eigenvalue weighted by molar-refractivity contribution is 7.85. The Labute approximate surface area is 185 Å². The maximum atomic E-state index is 14.3. The van der Waals surface area contributed by atoms with E-state index in [9.17, 15) is 17.8 Å². The van der Waals surface area contributed by atoms with Gasteiger partial charge in [-0.3, -0.25) is 9.89 Å². The van der Waals surface area contributed by atoms with Crippen LogP contribution in [0.25, 0.3) is 10.9 Å².